The highest BCUT2D eigenvalue weighted by Gasteiger charge is 2.52. The average molecular weight is 569 g/mol. The van der Waals surface area contributed by atoms with Crippen LogP contribution in [0, 0.1) is 17.8 Å². The molecule has 0 radical (unpaired) electrons. The third-order valence-electron chi connectivity index (χ3n) is 8.60. The van der Waals surface area contributed by atoms with Gasteiger partial charge in [0, 0.05) is 17.3 Å². The number of nitrogens with one attached hydrogen (secondary N) is 2. The molecule has 4 aliphatic carbocycles. The summed E-state index contributed by atoms with van der Waals surface area (Å²) < 4.78 is 44.6. The van der Waals surface area contributed by atoms with Crippen molar-refractivity contribution < 1.29 is 32.0 Å². The van der Waals surface area contributed by atoms with Gasteiger partial charge in [0.25, 0.3) is 11.1 Å². The molecule has 1 aliphatic heterocycles. The second-order valence-corrected chi connectivity index (χ2v) is 12.4. The van der Waals surface area contributed by atoms with E-state index in [1.54, 1.807) is 35.8 Å². The van der Waals surface area contributed by atoms with Gasteiger partial charge in [-0.3, -0.25) is 30.0 Å². The van der Waals surface area contributed by atoms with Crippen LogP contribution >= 0.6 is 11.8 Å². The van der Waals surface area contributed by atoms with Crippen LogP contribution in [0.15, 0.2) is 39.8 Å². The van der Waals surface area contributed by atoms with Crippen LogP contribution in [0.25, 0.3) is 28.4 Å². The molecular weight excluding hydrogens is 545 g/mol. The lowest BCUT2D eigenvalue weighted by atomic mass is 9.48. The number of fused-ring (bicyclic) bond motifs is 1. The van der Waals surface area contributed by atoms with E-state index >= 15 is 0 Å². The molecule has 0 spiro atoms. The van der Waals surface area contributed by atoms with Crippen LogP contribution in [0.5, 0.6) is 0 Å². The van der Waals surface area contributed by atoms with Gasteiger partial charge in [0.2, 0.25) is 0 Å². The van der Waals surface area contributed by atoms with E-state index in [1.165, 1.54) is 19.3 Å². The van der Waals surface area contributed by atoms with Crippen LogP contribution in [0.3, 0.4) is 0 Å². The molecule has 4 bridgehead atoms. The van der Waals surface area contributed by atoms with E-state index in [-0.39, 0.29) is 10.3 Å². The summed E-state index contributed by atoms with van der Waals surface area (Å²) in [5.74, 6) is -0.761. The van der Waals surface area contributed by atoms with Crippen molar-refractivity contribution >= 4 is 52.0 Å². The Labute approximate surface area is 230 Å². The Hall–Kier alpha value is -3.67. The molecule has 8 nitrogen and oxygen atoms in total. The summed E-state index contributed by atoms with van der Waals surface area (Å²) in [7, 11) is 0. The summed E-state index contributed by atoms with van der Waals surface area (Å²) >= 11 is 0.822. The Morgan fingerprint density at radius 3 is 2.38 bits per heavy atom. The van der Waals surface area contributed by atoms with Gasteiger partial charge >= 0.3 is 18.1 Å². The van der Waals surface area contributed by atoms with Crippen LogP contribution in [0.1, 0.15) is 49.7 Å². The van der Waals surface area contributed by atoms with Crippen molar-refractivity contribution in [2.24, 2.45) is 17.8 Å². The third-order valence-corrected chi connectivity index (χ3v) is 9.41. The zero-order chi connectivity index (χ0) is 27.8. The normalized spacial score (nSPS) is 28.5. The van der Waals surface area contributed by atoms with Gasteiger partial charge in [0.15, 0.2) is 5.58 Å². The first-order valence-electron chi connectivity index (χ1n) is 13.1. The fourth-order valence-corrected chi connectivity index (χ4v) is 8.15. The van der Waals surface area contributed by atoms with Crippen molar-refractivity contribution in [3.63, 3.8) is 0 Å². The minimum Gasteiger partial charge on any atom is -0.423 e. The minimum atomic E-state index is -5.07. The molecule has 2 aromatic heterocycles. The number of oxazole rings is 1. The number of halogens is 3. The Balaban J connectivity index is 1.30. The summed E-state index contributed by atoms with van der Waals surface area (Å²) in [6.45, 7) is 0. The number of rotatable bonds is 4. The molecular formula is C28H23F3N4O4S. The van der Waals surface area contributed by atoms with E-state index < -0.39 is 29.2 Å². The minimum absolute atomic E-state index is 0.169. The van der Waals surface area contributed by atoms with Crippen LogP contribution < -0.4 is 10.6 Å². The summed E-state index contributed by atoms with van der Waals surface area (Å²) in [6.07, 6.45) is 4.71. The molecule has 3 amide bonds. The topological polar surface area (TPSA) is 114 Å². The van der Waals surface area contributed by atoms with Crippen LogP contribution in [0.2, 0.25) is 0 Å². The zero-order valence-corrected chi connectivity index (χ0v) is 21.8. The number of nitrogens with zero attached hydrogens (tertiary/aromatic N) is 2. The van der Waals surface area contributed by atoms with Crippen molar-refractivity contribution in [1.82, 2.24) is 15.3 Å². The first-order chi connectivity index (χ1) is 19.0. The van der Waals surface area contributed by atoms with E-state index in [4.69, 9.17) is 4.42 Å². The predicted octanol–water partition coefficient (Wildman–Crippen LogP) is 6.18. The number of carbonyl (C=O) groups excluding carboxylic acids is 3. The number of aromatic nitrogens is 2. The molecule has 1 aromatic carbocycles. The lowest BCUT2D eigenvalue weighted by Crippen LogP contribution is -2.48. The molecule has 8 rings (SSSR count). The van der Waals surface area contributed by atoms with E-state index in [2.05, 4.69) is 15.3 Å². The molecule has 1 saturated heterocycles. The first kappa shape index (κ1) is 25.3. The highest BCUT2D eigenvalue weighted by Crippen LogP contribution is 2.61. The number of pyridine rings is 1. The quantitative estimate of drug-likeness (QED) is 0.361. The average Bonchev–Trinajstić information content (AvgIpc) is 3.43. The SMILES string of the molecule is O=C1NC(=O)/C(=C\c2ccc(-c3cc(C45CC6CC(CC(C6)C4)C5)c4oc(NC(=O)C(F)(F)F)nc4c3)nc2)S1. The van der Waals surface area contributed by atoms with Gasteiger partial charge in [-0.2, -0.15) is 18.2 Å². The van der Waals surface area contributed by atoms with Crippen molar-refractivity contribution in [3.05, 3.63) is 46.5 Å². The van der Waals surface area contributed by atoms with Gasteiger partial charge < -0.3 is 4.42 Å². The lowest BCUT2D eigenvalue weighted by molar-refractivity contribution is -0.167. The fourth-order valence-electron chi connectivity index (χ4n) is 7.47. The number of alkyl halides is 3. The molecule has 5 fully saturated rings. The smallest absolute Gasteiger partial charge is 0.423 e. The second-order valence-electron chi connectivity index (χ2n) is 11.4. The molecule has 0 unspecified atom stereocenters. The Morgan fingerprint density at radius 1 is 1.10 bits per heavy atom. The van der Waals surface area contributed by atoms with Gasteiger partial charge in [0.1, 0.15) is 5.52 Å². The molecule has 4 saturated carbocycles. The molecule has 12 heteroatoms. The highest BCUT2D eigenvalue weighted by atomic mass is 32.2. The van der Waals surface area contributed by atoms with Gasteiger partial charge in [0.05, 0.1) is 10.6 Å². The van der Waals surface area contributed by atoms with Crippen LogP contribution in [-0.2, 0) is 15.0 Å². The molecule has 206 valence electrons. The molecule has 40 heavy (non-hydrogen) atoms. The first-order valence-corrected chi connectivity index (χ1v) is 13.9. The maximum absolute atomic E-state index is 12.9. The summed E-state index contributed by atoms with van der Waals surface area (Å²) in [5, 5.41) is 3.55. The van der Waals surface area contributed by atoms with Gasteiger partial charge in [-0.05, 0) is 103 Å². The van der Waals surface area contributed by atoms with E-state index in [0.29, 0.717) is 40.1 Å². The van der Waals surface area contributed by atoms with Gasteiger partial charge in [-0.25, -0.2) is 0 Å². The molecule has 3 heterocycles. The van der Waals surface area contributed by atoms with Crippen molar-refractivity contribution in [2.45, 2.75) is 50.1 Å². The van der Waals surface area contributed by atoms with Crippen molar-refractivity contribution in [3.8, 4) is 11.3 Å². The Kier molecular flexibility index (Phi) is 5.64. The highest BCUT2D eigenvalue weighted by molar-refractivity contribution is 8.18. The van der Waals surface area contributed by atoms with E-state index in [0.717, 1.165) is 42.2 Å². The number of imide groups is 1. The maximum Gasteiger partial charge on any atom is 0.471 e. The summed E-state index contributed by atoms with van der Waals surface area (Å²) in [6, 6.07) is 6.78. The number of amides is 3. The Morgan fingerprint density at radius 2 is 1.80 bits per heavy atom. The monoisotopic (exact) mass is 568 g/mol. The number of hydrogen-bond acceptors (Lipinski definition) is 7. The number of thioether (sulfide) groups is 1. The Bertz CT molecular complexity index is 1580. The van der Waals surface area contributed by atoms with Gasteiger partial charge in [-0.15, -0.1) is 0 Å². The van der Waals surface area contributed by atoms with Crippen molar-refractivity contribution in [2.75, 3.05) is 5.32 Å². The third kappa shape index (κ3) is 4.38. The standard InChI is InChI=1S/C28H23F3N4O4S/c29-28(30,31)24(37)35-25-33-20-8-17(19-2-1-13(12-32-19)6-21-23(36)34-26(38)40-21)7-18(22(20)39-25)27-9-14-3-15(10-27)5-16(4-14)11-27/h1-2,6-8,12,14-16H,3-5,9-11H2,(H,33,35,37)(H,34,36,38)/b21-6+. The van der Waals surface area contributed by atoms with Crippen molar-refractivity contribution in [1.29, 1.82) is 0 Å². The number of carbonyl (C=O) groups is 3. The maximum atomic E-state index is 12.9. The fraction of sp³-hybridized carbons (Fsp3) is 0.393. The van der Waals surface area contributed by atoms with Gasteiger partial charge in [-0.1, -0.05) is 6.07 Å². The molecule has 0 atom stereocenters. The predicted molar refractivity (Wildman–Crippen MR) is 141 cm³/mol. The molecule has 2 N–H and O–H groups in total. The second kappa shape index (κ2) is 8.92. The summed E-state index contributed by atoms with van der Waals surface area (Å²) in [4.78, 5) is 44.0. The molecule has 5 aliphatic rings. The number of hydrogen-bond donors (Lipinski definition) is 2. The lowest BCUT2D eigenvalue weighted by Gasteiger charge is -2.57. The van der Waals surface area contributed by atoms with E-state index in [9.17, 15) is 27.6 Å². The van der Waals surface area contributed by atoms with E-state index in [1.807, 2.05) is 6.07 Å². The summed E-state index contributed by atoms with van der Waals surface area (Å²) in [5.41, 5.74) is 3.46. The zero-order valence-electron chi connectivity index (χ0n) is 21.0. The number of benzene rings is 1. The van der Waals surface area contributed by atoms with Crippen LogP contribution in [-0.4, -0.2) is 33.2 Å². The number of anilines is 1. The molecule has 3 aromatic rings. The largest absolute Gasteiger partial charge is 0.471 e. The van der Waals surface area contributed by atoms with Crippen LogP contribution in [0.4, 0.5) is 24.0 Å².